The monoisotopic (exact) mass is 304 g/mol. The van der Waals surface area contributed by atoms with Gasteiger partial charge in [0.1, 0.15) is 6.54 Å². The minimum Gasteiger partial charge on any atom is -0.274 e. The Bertz CT molecular complexity index is 713. The molecule has 20 heavy (non-hydrogen) atoms. The Balaban J connectivity index is 2.23. The van der Waals surface area contributed by atoms with Crippen LogP contribution in [-0.4, -0.2) is 18.2 Å². The van der Waals surface area contributed by atoms with Crippen molar-refractivity contribution < 1.29 is 4.79 Å². The van der Waals surface area contributed by atoms with Crippen LogP contribution in [0.5, 0.6) is 0 Å². The molecule has 1 heterocycles. The molecular weight excluding hydrogens is 295 g/mol. The lowest BCUT2D eigenvalue weighted by molar-refractivity contribution is -0.116. The van der Waals surface area contributed by atoms with Gasteiger partial charge in [0, 0.05) is 27.9 Å². The van der Waals surface area contributed by atoms with Crippen molar-refractivity contribution in [1.82, 2.24) is 0 Å². The molecule has 1 amide bonds. The smallest absolute Gasteiger partial charge is 0.263 e. The van der Waals surface area contributed by atoms with Gasteiger partial charge in [-0.2, -0.15) is 0 Å². The molecule has 2 aromatic carbocycles. The summed E-state index contributed by atoms with van der Waals surface area (Å²) in [7, 11) is 0. The highest BCUT2D eigenvalue weighted by Crippen LogP contribution is 2.30. The summed E-state index contributed by atoms with van der Waals surface area (Å²) in [6, 6.07) is 14.8. The number of benzene rings is 2. The van der Waals surface area contributed by atoms with Gasteiger partial charge in [-0.25, -0.2) is 4.42 Å². The molecule has 3 rings (SSSR count). The fourth-order valence-corrected chi connectivity index (χ4v) is 2.58. The highest BCUT2D eigenvalue weighted by molar-refractivity contribution is 6.40. The maximum Gasteiger partial charge on any atom is 0.263 e. The zero-order valence-electron chi connectivity index (χ0n) is 10.4. The maximum atomic E-state index is 11.9. The SMILES string of the molecule is O=C1CN=C(c2ccccc2Cl)c2ccccc2N1Cl. The molecule has 0 fully saturated rings. The number of nitrogens with zero attached hydrogens (tertiary/aromatic N) is 2. The zero-order chi connectivity index (χ0) is 14.1. The second-order valence-corrected chi connectivity index (χ2v) is 5.08. The van der Waals surface area contributed by atoms with Gasteiger partial charge in [-0.1, -0.05) is 48.0 Å². The number of aliphatic imine (C=N–C) groups is 1. The molecule has 0 saturated carbocycles. The number of anilines is 1. The molecule has 0 saturated heterocycles. The highest BCUT2D eigenvalue weighted by atomic mass is 35.5. The Morgan fingerprint density at radius 1 is 1.00 bits per heavy atom. The molecule has 0 spiro atoms. The number of hydrogen-bond donors (Lipinski definition) is 0. The van der Waals surface area contributed by atoms with Crippen molar-refractivity contribution in [2.75, 3.05) is 11.0 Å². The Hall–Kier alpha value is -1.84. The highest BCUT2D eigenvalue weighted by Gasteiger charge is 2.24. The third kappa shape index (κ3) is 2.19. The van der Waals surface area contributed by atoms with Crippen LogP contribution >= 0.6 is 23.4 Å². The van der Waals surface area contributed by atoms with Crippen LogP contribution in [0.1, 0.15) is 11.1 Å². The average Bonchev–Trinajstić information content (AvgIpc) is 2.59. The van der Waals surface area contributed by atoms with E-state index in [0.29, 0.717) is 16.4 Å². The van der Waals surface area contributed by atoms with E-state index in [-0.39, 0.29) is 12.5 Å². The first-order valence-electron chi connectivity index (χ1n) is 6.06. The van der Waals surface area contributed by atoms with Gasteiger partial charge in [0.15, 0.2) is 0 Å². The van der Waals surface area contributed by atoms with Crippen molar-refractivity contribution in [3.63, 3.8) is 0 Å². The van der Waals surface area contributed by atoms with Crippen LogP contribution < -0.4 is 4.42 Å². The van der Waals surface area contributed by atoms with E-state index in [1.807, 2.05) is 36.4 Å². The van der Waals surface area contributed by atoms with Crippen molar-refractivity contribution in [3.8, 4) is 0 Å². The summed E-state index contributed by atoms with van der Waals surface area (Å²) in [5, 5.41) is 0.594. The molecule has 2 aromatic rings. The van der Waals surface area contributed by atoms with Crippen molar-refractivity contribution in [3.05, 3.63) is 64.7 Å². The number of benzodiazepines with no additional fused rings is 1. The number of halogens is 2. The quantitative estimate of drug-likeness (QED) is 0.740. The third-order valence-electron chi connectivity index (χ3n) is 3.09. The number of rotatable bonds is 1. The van der Waals surface area contributed by atoms with Crippen molar-refractivity contribution in [1.29, 1.82) is 0 Å². The van der Waals surface area contributed by atoms with E-state index in [9.17, 15) is 4.79 Å². The summed E-state index contributed by atoms with van der Waals surface area (Å²) in [5.74, 6) is -0.263. The summed E-state index contributed by atoms with van der Waals surface area (Å²) in [6.45, 7) is -0.00125. The summed E-state index contributed by atoms with van der Waals surface area (Å²) in [4.78, 5) is 16.3. The largest absolute Gasteiger partial charge is 0.274 e. The first kappa shape index (κ1) is 13.2. The normalized spacial score (nSPS) is 14.6. The van der Waals surface area contributed by atoms with E-state index in [2.05, 4.69) is 4.99 Å². The molecule has 5 heteroatoms. The lowest BCUT2D eigenvalue weighted by Crippen LogP contribution is -2.22. The maximum absolute atomic E-state index is 11.9. The summed E-state index contributed by atoms with van der Waals surface area (Å²) in [6.07, 6.45) is 0. The Morgan fingerprint density at radius 3 is 2.40 bits per heavy atom. The molecule has 1 aliphatic rings. The van der Waals surface area contributed by atoms with Gasteiger partial charge < -0.3 is 0 Å². The molecule has 0 unspecified atom stereocenters. The van der Waals surface area contributed by atoms with Crippen molar-refractivity contribution in [2.24, 2.45) is 4.99 Å². The van der Waals surface area contributed by atoms with E-state index in [0.717, 1.165) is 15.5 Å². The predicted molar refractivity (Wildman–Crippen MR) is 81.7 cm³/mol. The molecule has 100 valence electrons. The first-order chi connectivity index (χ1) is 9.68. The van der Waals surface area contributed by atoms with Crippen molar-refractivity contribution in [2.45, 2.75) is 0 Å². The molecule has 1 aliphatic heterocycles. The van der Waals surface area contributed by atoms with Crippen LogP contribution in [0.4, 0.5) is 5.69 Å². The second-order valence-electron chi connectivity index (χ2n) is 4.34. The number of amides is 1. The van der Waals surface area contributed by atoms with E-state index in [1.165, 1.54) is 0 Å². The minimum atomic E-state index is -0.263. The first-order valence-corrected chi connectivity index (χ1v) is 6.77. The molecule has 0 atom stereocenters. The van der Waals surface area contributed by atoms with Crippen molar-refractivity contribution >= 4 is 40.7 Å². The number of carbonyl (C=O) groups is 1. The number of hydrogen-bond acceptors (Lipinski definition) is 2. The number of para-hydroxylation sites is 1. The summed E-state index contributed by atoms with van der Waals surface area (Å²) >= 11 is 12.3. The molecule has 0 aromatic heterocycles. The summed E-state index contributed by atoms with van der Waals surface area (Å²) < 4.78 is 1.11. The van der Waals surface area contributed by atoms with Gasteiger partial charge in [-0.3, -0.25) is 9.79 Å². The van der Waals surface area contributed by atoms with Crippen LogP contribution in [0, 0.1) is 0 Å². The average molecular weight is 305 g/mol. The van der Waals surface area contributed by atoms with Crippen LogP contribution in [0.25, 0.3) is 0 Å². The molecule has 0 aliphatic carbocycles. The van der Waals surface area contributed by atoms with Gasteiger partial charge in [-0.15, -0.1) is 0 Å². The van der Waals surface area contributed by atoms with Gasteiger partial charge in [0.2, 0.25) is 0 Å². The standard InChI is InChI=1S/C15H10Cl2N2O/c16-12-7-3-1-5-10(12)15-11-6-2-4-8-13(11)19(17)14(20)9-18-15/h1-8H,9H2. The van der Waals surface area contributed by atoms with E-state index in [4.69, 9.17) is 23.4 Å². The lowest BCUT2D eigenvalue weighted by Gasteiger charge is -2.15. The molecule has 0 radical (unpaired) electrons. The van der Waals surface area contributed by atoms with E-state index >= 15 is 0 Å². The summed E-state index contributed by atoms with van der Waals surface area (Å²) in [5.41, 5.74) is 2.89. The Morgan fingerprint density at radius 2 is 1.65 bits per heavy atom. The second kappa shape index (κ2) is 5.27. The van der Waals surface area contributed by atoms with Crippen LogP contribution in [0.3, 0.4) is 0 Å². The molecule has 0 bridgehead atoms. The Kier molecular flexibility index (Phi) is 3.47. The predicted octanol–water partition coefficient (Wildman–Crippen LogP) is 3.68. The molecule has 3 nitrogen and oxygen atoms in total. The van der Waals surface area contributed by atoms with Crippen LogP contribution in [0.15, 0.2) is 53.5 Å². The van der Waals surface area contributed by atoms with Gasteiger partial charge in [0.05, 0.1) is 11.4 Å². The van der Waals surface area contributed by atoms with Gasteiger partial charge >= 0.3 is 0 Å². The Labute approximate surface area is 126 Å². The number of fused-ring (bicyclic) bond motifs is 1. The third-order valence-corrected chi connectivity index (χ3v) is 3.79. The topological polar surface area (TPSA) is 32.7 Å². The minimum absolute atomic E-state index is 0.00125. The van der Waals surface area contributed by atoms with E-state index < -0.39 is 0 Å². The van der Waals surface area contributed by atoms with Gasteiger partial charge in [-0.05, 0) is 12.1 Å². The molecular formula is C15H10Cl2N2O. The van der Waals surface area contributed by atoms with E-state index in [1.54, 1.807) is 12.1 Å². The van der Waals surface area contributed by atoms with Crippen LogP contribution in [0.2, 0.25) is 5.02 Å². The zero-order valence-corrected chi connectivity index (χ0v) is 11.9. The molecule has 0 N–H and O–H groups in total. The number of carbonyl (C=O) groups excluding carboxylic acids is 1. The lowest BCUT2D eigenvalue weighted by atomic mass is 10.0. The van der Waals surface area contributed by atoms with Crippen LogP contribution in [-0.2, 0) is 4.79 Å². The fraction of sp³-hybridized carbons (Fsp3) is 0.0667. The fourth-order valence-electron chi connectivity index (χ4n) is 2.16. The van der Waals surface area contributed by atoms with Gasteiger partial charge in [0.25, 0.3) is 5.91 Å².